The van der Waals surface area contributed by atoms with Crippen LogP contribution in [0.3, 0.4) is 0 Å². The van der Waals surface area contributed by atoms with Crippen LogP contribution in [0, 0.1) is 6.92 Å². The molecule has 0 radical (unpaired) electrons. The fraction of sp³-hybridized carbons (Fsp3) is 0.353. The Morgan fingerprint density at radius 3 is 2.50 bits per heavy atom. The molecule has 1 aromatic heterocycles. The molecular formula is C17H19F3N4O2. The fourth-order valence-corrected chi connectivity index (χ4v) is 2.49. The molecule has 0 spiro atoms. The second kappa shape index (κ2) is 7.59. The monoisotopic (exact) mass is 368 g/mol. The molecule has 1 heterocycles. The van der Waals surface area contributed by atoms with E-state index in [-0.39, 0.29) is 19.0 Å². The zero-order valence-electron chi connectivity index (χ0n) is 14.6. The summed E-state index contributed by atoms with van der Waals surface area (Å²) >= 11 is 0. The first-order chi connectivity index (χ1) is 12.1. The maximum absolute atomic E-state index is 12.6. The molecule has 2 aromatic rings. The first-order valence-corrected chi connectivity index (χ1v) is 7.89. The van der Waals surface area contributed by atoms with Gasteiger partial charge in [0, 0.05) is 25.8 Å². The Bertz CT molecular complexity index is 815. The van der Waals surface area contributed by atoms with Crippen LogP contribution in [0.1, 0.15) is 28.7 Å². The SMILES string of the molecule is CCN(Cc1cccc(NC(=O)c2cc(C)nn2C)c1)C(=O)C(F)(F)F. The van der Waals surface area contributed by atoms with Gasteiger partial charge >= 0.3 is 12.1 Å². The Balaban J connectivity index is 2.13. The molecule has 2 rings (SSSR count). The first-order valence-electron chi connectivity index (χ1n) is 7.89. The number of hydrogen-bond acceptors (Lipinski definition) is 3. The first kappa shape index (κ1) is 19.5. The van der Waals surface area contributed by atoms with Crippen molar-refractivity contribution in [3.63, 3.8) is 0 Å². The van der Waals surface area contributed by atoms with Crippen LogP contribution in [-0.2, 0) is 18.4 Å². The van der Waals surface area contributed by atoms with Crippen molar-refractivity contribution in [2.24, 2.45) is 7.05 Å². The molecule has 140 valence electrons. The maximum Gasteiger partial charge on any atom is 0.471 e. The van der Waals surface area contributed by atoms with Gasteiger partial charge in [-0.05, 0) is 37.6 Å². The van der Waals surface area contributed by atoms with Crippen LogP contribution < -0.4 is 5.32 Å². The number of hydrogen-bond donors (Lipinski definition) is 1. The lowest BCUT2D eigenvalue weighted by Gasteiger charge is -2.22. The van der Waals surface area contributed by atoms with Crippen LogP contribution in [-0.4, -0.2) is 39.2 Å². The van der Waals surface area contributed by atoms with Crippen LogP contribution in [0.5, 0.6) is 0 Å². The average molecular weight is 368 g/mol. The van der Waals surface area contributed by atoms with Crippen LogP contribution in [0.25, 0.3) is 0 Å². The standard InChI is InChI=1S/C17H19F3N4O2/c1-4-24(16(26)17(18,19)20)10-12-6-5-7-13(9-12)21-15(25)14-8-11(2)22-23(14)3/h5-9H,4,10H2,1-3H3,(H,21,25). The van der Waals surface area contributed by atoms with E-state index < -0.39 is 12.1 Å². The molecule has 0 bridgehead atoms. The number of rotatable bonds is 5. The number of anilines is 1. The summed E-state index contributed by atoms with van der Waals surface area (Å²) in [7, 11) is 1.64. The highest BCUT2D eigenvalue weighted by atomic mass is 19.4. The maximum atomic E-state index is 12.6. The lowest BCUT2D eigenvalue weighted by molar-refractivity contribution is -0.185. The quantitative estimate of drug-likeness (QED) is 0.882. The van der Waals surface area contributed by atoms with Gasteiger partial charge in [-0.1, -0.05) is 12.1 Å². The third kappa shape index (κ3) is 4.62. The Labute approximate surface area is 148 Å². The van der Waals surface area contributed by atoms with E-state index in [1.807, 2.05) is 0 Å². The number of carbonyl (C=O) groups excluding carboxylic acids is 2. The molecule has 0 atom stereocenters. The minimum absolute atomic E-state index is 0.0801. The molecule has 0 aliphatic heterocycles. The summed E-state index contributed by atoms with van der Waals surface area (Å²) in [6, 6.07) is 7.97. The van der Waals surface area contributed by atoms with Crippen molar-refractivity contribution in [1.29, 1.82) is 0 Å². The van der Waals surface area contributed by atoms with Crippen LogP contribution in [0.15, 0.2) is 30.3 Å². The van der Waals surface area contributed by atoms with Gasteiger partial charge in [0.2, 0.25) is 0 Å². The second-order valence-corrected chi connectivity index (χ2v) is 5.77. The van der Waals surface area contributed by atoms with Gasteiger partial charge in [-0.2, -0.15) is 18.3 Å². The van der Waals surface area contributed by atoms with Crippen LogP contribution in [0.4, 0.5) is 18.9 Å². The Hall–Kier alpha value is -2.84. The van der Waals surface area contributed by atoms with Crippen molar-refractivity contribution >= 4 is 17.5 Å². The zero-order chi connectivity index (χ0) is 19.5. The van der Waals surface area contributed by atoms with Crippen LogP contribution in [0.2, 0.25) is 0 Å². The van der Waals surface area contributed by atoms with Crippen LogP contribution >= 0.6 is 0 Å². The number of nitrogens with zero attached hydrogens (tertiary/aromatic N) is 3. The van der Waals surface area contributed by atoms with Gasteiger partial charge in [0.15, 0.2) is 0 Å². The number of benzene rings is 1. The number of nitrogens with one attached hydrogen (secondary N) is 1. The van der Waals surface area contributed by atoms with Gasteiger partial charge in [-0.15, -0.1) is 0 Å². The molecule has 0 saturated heterocycles. The van der Waals surface area contributed by atoms with E-state index in [9.17, 15) is 22.8 Å². The number of aryl methyl sites for hydroxylation is 2. The summed E-state index contributed by atoms with van der Waals surface area (Å²) in [4.78, 5) is 24.4. The summed E-state index contributed by atoms with van der Waals surface area (Å²) in [5, 5.41) is 6.77. The van der Waals surface area contributed by atoms with E-state index in [1.54, 1.807) is 38.2 Å². The van der Waals surface area contributed by atoms with Crippen molar-refractivity contribution < 1.29 is 22.8 Å². The van der Waals surface area contributed by atoms with Gasteiger partial charge in [-0.3, -0.25) is 14.3 Å². The second-order valence-electron chi connectivity index (χ2n) is 5.77. The van der Waals surface area contributed by atoms with Gasteiger partial charge < -0.3 is 10.2 Å². The van der Waals surface area contributed by atoms with Crippen molar-refractivity contribution in [2.45, 2.75) is 26.6 Å². The molecule has 0 saturated carbocycles. The molecular weight excluding hydrogens is 349 g/mol. The van der Waals surface area contributed by atoms with E-state index >= 15 is 0 Å². The molecule has 2 amide bonds. The largest absolute Gasteiger partial charge is 0.471 e. The smallest absolute Gasteiger partial charge is 0.331 e. The normalized spacial score (nSPS) is 11.3. The van der Waals surface area contributed by atoms with E-state index in [1.165, 1.54) is 17.7 Å². The highest BCUT2D eigenvalue weighted by Crippen LogP contribution is 2.21. The number of carbonyl (C=O) groups is 2. The van der Waals surface area contributed by atoms with Gasteiger partial charge in [-0.25, -0.2) is 0 Å². The predicted molar refractivity (Wildman–Crippen MR) is 89.5 cm³/mol. The van der Waals surface area contributed by atoms with Crippen molar-refractivity contribution in [1.82, 2.24) is 14.7 Å². The summed E-state index contributed by atoms with van der Waals surface area (Å²) in [5.74, 6) is -2.27. The molecule has 0 aliphatic carbocycles. The zero-order valence-corrected chi connectivity index (χ0v) is 14.6. The van der Waals surface area contributed by atoms with E-state index in [0.717, 1.165) is 0 Å². The number of alkyl halides is 3. The highest BCUT2D eigenvalue weighted by Gasteiger charge is 2.41. The molecule has 6 nitrogen and oxygen atoms in total. The molecule has 0 aliphatic rings. The van der Waals surface area contributed by atoms with E-state index in [2.05, 4.69) is 10.4 Å². The lowest BCUT2D eigenvalue weighted by Crippen LogP contribution is -2.40. The Kier molecular flexibility index (Phi) is 5.69. The topological polar surface area (TPSA) is 67.2 Å². The third-order valence-corrected chi connectivity index (χ3v) is 3.70. The number of amides is 2. The number of halogens is 3. The summed E-state index contributed by atoms with van der Waals surface area (Å²) in [6.45, 7) is 2.95. The Morgan fingerprint density at radius 1 is 1.27 bits per heavy atom. The van der Waals surface area contributed by atoms with Crippen molar-refractivity contribution in [3.8, 4) is 0 Å². The van der Waals surface area contributed by atoms with Crippen molar-refractivity contribution in [2.75, 3.05) is 11.9 Å². The minimum atomic E-state index is -4.92. The fourth-order valence-electron chi connectivity index (χ4n) is 2.49. The molecule has 9 heteroatoms. The minimum Gasteiger partial charge on any atom is -0.331 e. The molecule has 1 aromatic carbocycles. The van der Waals surface area contributed by atoms with Gasteiger partial charge in [0.05, 0.1) is 5.69 Å². The predicted octanol–water partition coefficient (Wildman–Crippen LogP) is 2.89. The lowest BCUT2D eigenvalue weighted by atomic mass is 10.1. The van der Waals surface area contributed by atoms with Crippen molar-refractivity contribution in [3.05, 3.63) is 47.3 Å². The molecule has 0 unspecified atom stereocenters. The summed E-state index contributed by atoms with van der Waals surface area (Å²) in [6.07, 6.45) is -4.92. The summed E-state index contributed by atoms with van der Waals surface area (Å²) in [5.41, 5.74) is 1.94. The highest BCUT2D eigenvalue weighted by molar-refractivity contribution is 6.03. The van der Waals surface area contributed by atoms with E-state index in [0.29, 0.717) is 27.5 Å². The van der Waals surface area contributed by atoms with Gasteiger partial charge in [0.25, 0.3) is 5.91 Å². The van der Waals surface area contributed by atoms with Gasteiger partial charge in [0.1, 0.15) is 5.69 Å². The Morgan fingerprint density at radius 2 is 1.96 bits per heavy atom. The average Bonchev–Trinajstić information content (AvgIpc) is 2.90. The third-order valence-electron chi connectivity index (χ3n) is 3.70. The summed E-state index contributed by atoms with van der Waals surface area (Å²) < 4.78 is 39.3. The molecule has 1 N–H and O–H groups in total. The molecule has 0 fully saturated rings. The molecule has 26 heavy (non-hydrogen) atoms. The van der Waals surface area contributed by atoms with E-state index in [4.69, 9.17) is 0 Å². The number of aromatic nitrogens is 2.